The van der Waals surface area contributed by atoms with Gasteiger partial charge in [0.1, 0.15) is 0 Å². The summed E-state index contributed by atoms with van der Waals surface area (Å²) in [6.45, 7) is 8.99. The maximum absolute atomic E-state index is 5.99. The van der Waals surface area contributed by atoms with Gasteiger partial charge in [0, 0.05) is 9.50 Å². The molecule has 0 aromatic heterocycles. The molecule has 0 fully saturated rings. The third-order valence-corrected chi connectivity index (χ3v) is 3.13. The molecule has 0 aliphatic carbocycles. The average Bonchev–Trinajstić information content (AvgIpc) is 2.18. The highest BCUT2D eigenvalue weighted by Crippen LogP contribution is 2.30. The fourth-order valence-electron chi connectivity index (χ4n) is 1.49. The third kappa shape index (κ3) is 3.33. The summed E-state index contributed by atoms with van der Waals surface area (Å²) in [6, 6.07) is 5.96. The van der Waals surface area contributed by atoms with Crippen LogP contribution in [0.2, 0.25) is 5.02 Å². The molecule has 0 spiro atoms. The molecule has 1 aromatic rings. The Kier molecular flexibility index (Phi) is 4.84. The third-order valence-electron chi connectivity index (χ3n) is 2.17. The van der Waals surface area contributed by atoms with Crippen molar-refractivity contribution in [2.24, 2.45) is 0 Å². The smallest absolute Gasteiger partial charge is 0.0542 e. The van der Waals surface area contributed by atoms with Crippen molar-refractivity contribution in [1.29, 1.82) is 0 Å². The van der Waals surface area contributed by atoms with E-state index >= 15 is 0 Å². The maximum atomic E-state index is 5.99. The maximum Gasteiger partial charge on any atom is 0.0542 e. The van der Waals surface area contributed by atoms with Crippen molar-refractivity contribution in [2.75, 3.05) is 6.54 Å². The van der Waals surface area contributed by atoms with E-state index in [1.165, 1.54) is 0 Å². The summed E-state index contributed by atoms with van der Waals surface area (Å²) in [5.74, 6) is 0. The fraction of sp³-hybridized carbons (Fsp3) is 0.333. The highest BCUT2D eigenvalue weighted by atomic mass is 79.9. The normalized spacial score (nSPS) is 12.5. The molecule has 1 unspecified atom stereocenters. The van der Waals surface area contributed by atoms with Gasteiger partial charge in [-0.2, -0.15) is 0 Å². The molecule has 1 aromatic carbocycles. The highest BCUT2D eigenvalue weighted by Gasteiger charge is 2.14. The number of nitrogens with one attached hydrogen (secondary N) is 1. The molecular formula is C12H15BrClN. The van der Waals surface area contributed by atoms with Crippen LogP contribution in [0.4, 0.5) is 0 Å². The molecule has 0 aliphatic heterocycles. The lowest BCUT2D eigenvalue weighted by molar-refractivity contribution is 0.619. The standard InChI is InChI=1S/C12H15BrClN/c1-4-15-12(8(2)3)10-7-9(14)5-6-11(10)13/h5-7,12,15H,2,4H2,1,3H3. The minimum atomic E-state index is 0.156. The zero-order valence-electron chi connectivity index (χ0n) is 8.98. The van der Waals surface area contributed by atoms with Crippen LogP contribution < -0.4 is 5.32 Å². The van der Waals surface area contributed by atoms with Crippen molar-refractivity contribution in [3.8, 4) is 0 Å². The van der Waals surface area contributed by atoms with Crippen molar-refractivity contribution in [3.63, 3.8) is 0 Å². The second kappa shape index (κ2) is 5.69. The number of benzene rings is 1. The van der Waals surface area contributed by atoms with E-state index in [1.807, 2.05) is 25.1 Å². The van der Waals surface area contributed by atoms with E-state index in [0.29, 0.717) is 0 Å². The van der Waals surface area contributed by atoms with Crippen LogP contribution in [0.15, 0.2) is 34.8 Å². The van der Waals surface area contributed by atoms with Gasteiger partial charge in [-0.3, -0.25) is 0 Å². The Labute approximate surface area is 105 Å². The number of rotatable bonds is 4. The second-order valence-corrected chi connectivity index (χ2v) is 4.79. The average molecular weight is 289 g/mol. The van der Waals surface area contributed by atoms with E-state index in [1.54, 1.807) is 0 Å². The van der Waals surface area contributed by atoms with Gasteiger partial charge < -0.3 is 5.32 Å². The first-order valence-electron chi connectivity index (χ1n) is 4.90. The van der Waals surface area contributed by atoms with Crippen LogP contribution in [0.3, 0.4) is 0 Å². The van der Waals surface area contributed by atoms with Gasteiger partial charge in [-0.15, -0.1) is 0 Å². The van der Waals surface area contributed by atoms with Gasteiger partial charge in [-0.05, 0) is 37.2 Å². The minimum absolute atomic E-state index is 0.156. The van der Waals surface area contributed by atoms with Crippen molar-refractivity contribution < 1.29 is 0 Å². The molecule has 1 rings (SSSR count). The van der Waals surface area contributed by atoms with Gasteiger partial charge in [0.25, 0.3) is 0 Å². The summed E-state index contributed by atoms with van der Waals surface area (Å²) < 4.78 is 1.06. The van der Waals surface area contributed by atoms with Crippen molar-refractivity contribution in [1.82, 2.24) is 5.32 Å². The van der Waals surface area contributed by atoms with Crippen LogP contribution >= 0.6 is 27.5 Å². The predicted molar refractivity (Wildman–Crippen MR) is 70.4 cm³/mol. The molecule has 1 N–H and O–H groups in total. The van der Waals surface area contributed by atoms with E-state index in [2.05, 4.69) is 34.7 Å². The predicted octanol–water partition coefficient (Wildman–Crippen LogP) is 4.33. The molecule has 0 amide bonds. The van der Waals surface area contributed by atoms with Crippen LogP contribution in [0.1, 0.15) is 25.5 Å². The van der Waals surface area contributed by atoms with Crippen LogP contribution in [0, 0.1) is 0 Å². The van der Waals surface area contributed by atoms with Crippen molar-refractivity contribution in [2.45, 2.75) is 19.9 Å². The number of hydrogen-bond donors (Lipinski definition) is 1. The van der Waals surface area contributed by atoms with Gasteiger partial charge in [-0.25, -0.2) is 0 Å². The van der Waals surface area contributed by atoms with E-state index in [-0.39, 0.29) is 6.04 Å². The van der Waals surface area contributed by atoms with Gasteiger partial charge >= 0.3 is 0 Å². The molecule has 0 bridgehead atoms. The Hall–Kier alpha value is -0.310. The number of likely N-dealkylation sites (N-methyl/N-ethyl adjacent to an activating group) is 1. The quantitative estimate of drug-likeness (QED) is 0.813. The number of hydrogen-bond acceptors (Lipinski definition) is 1. The molecule has 1 atom stereocenters. The van der Waals surface area contributed by atoms with Crippen LogP contribution in [-0.2, 0) is 0 Å². The molecule has 0 radical (unpaired) electrons. The molecule has 0 heterocycles. The van der Waals surface area contributed by atoms with Gasteiger partial charge in [-0.1, -0.05) is 46.6 Å². The van der Waals surface area contributed by atoms with Gasteiger partial charge in [0.15, 0.2) is 0 Å². The first-order valence-corrected chi connectivity index (χ1v) is 6.07. The second-order valence-electron chi connectivity index (χ2n) is 3.50. The van der Waals surface area contributed by atoms with E-state index < -0.39 is 0 Å². The molecule has 15 heavy (non-hydrogen) atoms. The number of halogens is 2. The van der Waals surface area contributed by atoms with Crippen LogP contribution in [0.25, 0.3) is 0 Å². The summed E-state index contributed by atoms with van der Waals surface area (Å²) in [5.41, 5.74) is 2.22. The largest absolute Gasteiger partial charge is 0.307 e. The lowest BCUT2D eigenvalue weighted by Crippen LogP contribution is -2.21. The Bertz CT molecular complexity index is 363. The van der Waals surface area contributed by atoms with E-state index in [0.717, 1.165) is 27.2 Å². The summed E-state index contributed by atoms with van der Waals surface area (Å²) in [4.78, 5) is 0. The van der Waals surface area contributed by atoms with E-state index in [4.69, 9.17) is 11.6 Å². The Morgan fingerprint density at radius 2 is 2.27 bits per heavy atom. The fourth-order valence-corrected chi connectivity index (χ4v) is 2.15. The summed E-state index contributed by atoms with van der Waals surface area (Å²) >= 11 is 9.52. The molecule has 0 saturated heterocycles. The first-order chi connectivity index (χ1) is 7.06. The molecular weight excluding hydrogens is 273 g/mol. The van der Waals surface area contributed by atoms with Crippen LogP contribution in [0.5, 0.6) is 0 Å². The Balaban J connectivity index is 3.09. The molecule has 0 saturated carbocycles. The monoisotopic (exact) mass is 287 g/mol. The van der Waals surface area contributed by atoms with Crippen LogP contribution in [-0.4, -0.2) is 6.54 Å². The SMILES string of the molecule is C=C(C)C(NCC)c1cc(Cl)ccc1Br. The molecule has 82 valence electrons. The van der Waals surface area contributed by atoms with Gasteiger partial charge in [0.05, 0.1) is 6.04 Å². The van der Waals surface area contributed by atoms with Crippen molar-refractivity contribution in [3.05, 3.63) is 45.4 Å². The lowest BCUT2D eigenvalue weighted by atomic mass is 10.0. The molecule has 3 heteroatoms. The first kappa shape index (κ1) is 12.8. The Morgan fingerprint density at radius 3 is 2.80 bits per heavy atom. The minimum Gasteiger partial charge on any atom is -0.307 e. The van der Waals surface area contributed by atoms with E-state index in [9.17, 15) is 0 Å². The van der Waals surface area contributed by atoms with Gasteiger partial charge in [0.2, 0.25) is 0 Å². The highest BCUT2D eigenvalue weighted by molar-refractivity contribution is 9.10. The Morgan fingerprint density at radius 1 is 1.60 bits per heavy atom. The zero-order valence-corrected chi connectivity index (χ0v) is 11.3. The summed E-state index contributed by atoms with van der Waals surface area (Å²) in [6.07, 6.45) is 0. The lowest BCUT2D eigenvalue weighted by Gasteiger charge is -2.20. The zero-order chi connectivity index (χ0) is 11.4. The molecule has 0 aliphatic rings. The summed E-state index contributed by atoms with van der Waals surface area (Å²) in [5, 5.41) is 4.13. The summed E-state index contributed by atoms with van der Waals surface area (Å²) in [7, 11) is 0. The molecule has 1 nitrogen and oxygen atoms in total. The van der Waals surface area contributed by atoms with Crippen molar-refractivity contribution >= 4 is 27.5 Å². The topological polar surface area (TPSA) is 12.0 Å².